The Labute approximate surface area is 123 Å². The Morgan fingerprint density at radius 3 is 3.10 bits per heavy atom. The summed E-state index contributed by atoms with van der Waals surface area (Å²) in [5.41, 5.74) is 1.49. The van der Waals surface area contributed by atoms with E-state index in [2.05, 4.69) is 44.0 Å². The molecule has 1 aliphatic rings. The molecule has 0 aromatic carbocycles. The summed E-state index contributed by atoms with van der Waals surface area (Å²) in [6, 6.07) is 0. The van der Waals surface area contributed by atoms with Gasteiger partial charge in [0.2, 0.25) is 5.95 Å². The highest BCUT2D eigenvalue weighted by Crippen LogP contribution is 2.27. The molecule has 0 aliphatic carbocycles. The molecule has 3 N–H and O–H groups in total. The van der Waals surface area contributed by atoms with Crippen LogP contribution in [0.2, 0.25) is 0 Å². The highest BCUT2D eigenvalue weighted by atomic mass is 16.3. The molecule has 2 unspecified atom stereocenters. The summed E-state index contributed by atoms with van der Waals surface area (Å²) in [5, 5.41) is 13.3. The number of β-amino-alcohol motifs (C(OH)–C–C–N with tert-alkyl or cyclic N) is 1. The number of hydrogen-bond donors (Lipinski definition) is 3. The zero-order valence-corrected chi connectivity index (χ0v) is 12.5. The van der Waals surface area contributed by atoms with Crippen molar-refractivity contribution in [3.8, 4) is 0 Å². The first-order valence-corrected chi connectivity index (χ1v) is 7.57. The maximum atomic E-state index is 10.1. The quantitative estimate of drug-likeness (QED) is 0.788. The minimum atomic E-state index is -0.321. The first kappa shape index (κ1) is 14.1. The molecule has 7 heteroatoms. The monoisotopic (exact) mass is 290 g/mol. The van der Waals surface area contributed by atoms with Crippen molar-refractivity contribution >= 4 is 22.9 Å². The van der Waals surface area contributed by atoms with Crippen LogP contribution < -0.4 is 10.2 Å². The summed E-state index contributed by atoms with van der Waals surface area (Å²) in [5.74, 6) is 1.75. The van der Waals surface area contributed by atoms with E-state index < -0.39 is 0 Å². The van der Waals surface area contributed by atoms with Gasteiger partial charge in [-0.25, -0.2) is 4.98 Å². The number of piperidine rings is 1. The van der Waals surface area contributed by atoms with E-state index >= 15 is 0 Å². The first-order valence-electron chi connectivity index (χ1n) is 7.57. The lowest BCUT2D eigenvalue weighted by Gasteiger charge is -2.35. The van der Waals surface area contributed by atoms with E-state index in [4.69, 9.17) is 0 Å². The molecule has 2 atom stereocenters. The maximum Gasteiger partial charge on any atom is 0.226 e. The SMILES string of the molecule is CCCNc1nc(N2CCC(C)C(O)C2)c2[nH]cnc2n1. The minimum absolute atomic E-state index is 0.321. The molecule has 114 valence electrons. The van der Waals surface area contributed by atoms with Crippen molar-refractivity contribution in [2.45, 2.75) is 32.8 Å². The molecule has 3 rings (SSSR count). The van der Waals surface area contributed by atoms with Crippen LogP contribution in [0.3, 0.4) is 0 Å². The number of anilines is 2. The molecule has 1 saturated heterocycles. The number of nitrogens with zero attached hydrogens (tertiary/aromatic N) is 4. The second-order valence-electron chi connectivity index (χ2n) is 5.68. The zero-order valence-electron chi connectivity index (χ0n) is 12.5. The van der Waals surface area contributed by atoms with Gasteiger partial charge >= 0.3 is 0 Å². The van der Waals surface area contributed by atoms with Crippen LogP contribution in [0.15, 0.2) is 6.33 Å². The van der Waals surface area contributed by atoms with Crippen LogP contribution in [0.5, 0.6) is 0 Å². The summed E-state index contributed by atoms with van der Waals surface area (Å²) in [6.45, 7) is 6.50. The van der Waals surface area contributed by atoms with Gasteiger partial charge in [0, 0.05) is 19.6 Å². The number of aliphatic hydroxyl groups excluding tert-OH is 1. The number of aromatic nitrogens is 4. The molecular formula is C14H22N6O. The normalized spacial score (nSPS) is 22.7. The molecule has 7 nitrogen and oxygen atoms in total. The summed E-state index contributed by atoms with van der Waals surface area (Å²) in [6.07, 6.45) is 3.28. The fraction of sp³-hybridized carbons (Fsp3) is 0.643. The topological polar surface area (TPSA) is 90.0 Å². The Balaban J connectivity index is 1.94. The summed E-state index contributed by atoms with van der Waals surface area (Å²) >= 11 is 0. The number of imidazole rings is 1. The average molecular weight is 290 g/mol. The van der Waals surface area contributed by atoms with Crippen LogP contribution >= 0.6 is 0 Å². The van der Waals surface area contributed by atoms with E-state index in [-0.39, 0.29) is 6.10 Å². The van der Waals surface area contributed by atoms with Crippen LogP contribution in [0, 0.1) is 5.92 Å². The summed E-state index contributed by atoms with van der Waals surface area (Å²) in [7, 11) is 0. The lowest BCUT2D eigenvalue weighted by atomic mass is 9.96. The standard InChI is InChI=1S/C14H22N6O/c1-3-5-15-14-18-12-11(16-8-17-12)13(19-14)20-6-4-9(2)10(21)7-20/h8-10,21H,3-7H2,1-2H3,(H2,15,16,17,18,19). The number of hydrogen-bond acceptors (Lipinski definition) is 6. The predicted octanol–water partition coefficient (Wildman–Crippen LogP) is 1.38. The molecule has 0 saturated carbocycles. The Hall–Kier alpha value is -1.89. The fourth-order valence-electron chi connectivity index (χ4n) is 2.60. The molecule has 2 aromatic heterocycles. The van der Waals surface area contributed by atoms with E-state index in [1.807, 2.05) is 0 Å². The van der Waals surface area contributed by atoms with Crippen molar-refractivity contribution in [1.29, 1.82) is 0 Å². The predicted molar refractivity (Wildman–Crippen MR) is 82.5 cm³/mol. The lowest BCUT2D eigenvalue weighted by Crippen LogP contribution is -2.43. The third-order valence-corrected chi connectivity index (χ3v) is 4.02. The van der Waals surface area contributed by atoms with Gasteiger partial charge in [0.1, 0.15) is 5.52 Å². The Morgan fingerprint density at radius 2 is 2.33 bits per heavy atom. The molecule has 21 heavy (non-hydrogen) atoms. The minimum Gasteiger partial charge on any atom is -0.391 e. The highest BCUT2D eigenvalue weighted by Gasteiger charge is 2.27. The van der Waals surface area contributed by atoms with Gasteiger partial charge in [0.15, 0.2) is 11.5 Å². The first-order chi connectivity index (χ1) is 10.2. The van der Waals surface area contributed by atoms with Gasteiger partial charge in [-0.05, 0) is 18.8 Å². The molecule has 0 radical (unpaired) electrons. The smallest absolute Gasteiger partial charge is 0.226 e. The molecule has 3 heterocycles. The van der Waals surface area contributed by atoms with Crippen LogP contribution in [-0.4, -0.2) is 50.8 Å². The second kappa shape index (κ2) is 5.85. The van der Waals surface area contributed by atoms with Gasteiger partial charge < -0.3 is 20.3 Å². The summed E-state index contributed by atoms with van der Waals surface area (Å²) < 4.78 is 0. The molecule has 1 aliphatic heterocycles. The second-order valence-corrected chi connectivity index (χ2v) is 5.68. The molecule has 0 bridgehead atoms. The Morgan fingerprint density at radius 1 is 1.48 bits per heavy atom. The van der Waals surface area contributed by atoms with Crippen LogP contribution in [0.4, 0.5) is 11.8 Å². The van der Waals surface area contributed by atoms with Gasteiger partial charge in [0.25, 0.3) is 0 Å². The van der Waals surface area contributed by atoms with E-state index in [1.165, 1.54) is 0 Å². The van der Waals surface area contributed by atoms with Crippen molar-refractivity contribution < 1.29 is 5.11 Å². The number of H-pyrrole nitrogens is 1. The molecular weight excluding hydrogens is 268 g/mol. The molecule has 2 aromatic rings. The third-order valence-electron chi connectivity index (χ3n) is 4.02. The average Bonchev–Trinajstić information content (AvgIpc) is 2.95. The van der Waals surface area contributed by atoms with E-state index in [9.17, 15) is 5.11 Å². The van der Waals surface area contributed by atoms with Gasteiger partial charge in [0.05, 0.1) is 12.4 Å². The Bertz CT molecular complexity index is 613. The zero-order chi connectivity index (χ0) is 14.8. The largest absolute Gasteiger partial charge is 0.391 e. The molecule has 1 fully saturated rings. The van der Waals surface area contributed by atoms with Crippen molar-refractivity contribution in [2.75, 3.05) is 29.9 Å². The van der Waals surface area contributed by atoms with E-state index in [1.54, 1.807) is 6.33 Å². The van der Waals surface area contributed by atoms with Gasteiger partial charge in [-0.3, -0.25) is 0 Å². The van der Waals surface area contributed by atoms with Gasteiger partial charge in [-0.1, -0.05) is 13.8 Å². The summed E-state index contributed by atoms with van der Waals surface area (Å²) in [4.78, 5) is 18.5. The van der Waals surface area contributed by atoms with Gasteiger partial charge in [-0.2, -0.15) is 9.97 Å². The number of rotatable bonds is 4. The maximum absolute atomic E-state index is 10.1. The Kier molecular flexibility index (Phi) is 3.92. The van der Waals surface area contributed by atoms with Gasteiger partial charge in [-0.15, -0.1) is 0 Å². The molecule has 0 spiro atoms. The third kappa shape index (κ3) is 2.78. The highest BCUT2D eigenvalue weighted by molar-refractivity contribution is 5.84. The van der Waals surface area contributed by atoms with Crippen molar-refractivity contribution in [3.05, 3.63) is 6.33 Å². The fourth-order valence-corrected chi connectivity index (χ4v) is 2.60. The van der Waals surface area contributed by atoms with Crippen molar-refractivity contribution in [2.24, 2.45) is 5.92 Å². The number of aromatic amines is 1. The number of aliphatic hydroxyl groups is 1. The number of fused-ring (bicyclic) bond motifs is 1. The van der Waals surface area contributed by atoms with Crippen molar-refractivity contribution in [3.63, 3.8) is 0 Å². The lowest BCUT2D eigenvalue weighted by molar-refractivity contribution is 0.103. The van der Waals surface area contributed by atoms with E-state index in [0.29, 0.717) is 24.1 Å². The van der Waals surface area contributed by atoms with Crippen LogP contribution in [0.1, 0.15) is 26.7 Å². The number of nitrogens with one attached hydrogen (secondary N) is 2. The van der Waals surface area contributed by atoms with Crippen LogP contribution in [-0.2, 0) is 0 Å². The molecule has 0 amide bonds. The van der Waals surface area contributed by atoms with Crippen molar-refractivity contribution in [1.82, 2.24) is 19.9 Å². The van der Waals surface area contributed by atoms with E-state index in [0.717, 1.165) is 37.3 Å². The van der Waals surface area contributed by atoms with Crippen LogP contribution in [0.25, 0.3) is 11.2 Å².